The van der Waals surface area contributed by atoms with E-state index in [1.807, 2.05) is 38.2 Å². The number of rotatable bonds is 6. The van der Waals surface area contributed by atoms with Crippen molar-refractivity contribution in [3.05, 3.63) is 58.9 Å². The van der Waals surface area contributed by atoms with Gasteiger partial charge in [0, 0.05) is 60.6 Å². The first kappa shape index (κ1) is 19.6. The molecule has 1 aliphatic rings. The highest BCUT2D eigenvalue weighted by atomic mass is 16.5. The van der Waals surface area contributed by atoms with Gasteiger partial charge in [0.05, 0.1) is 18.9 Å². The van der Waals surface area contributed by atoms with E-state index in [0.717, 1.165) is 41.3 Å². The van der Waals surface area contributed by atoms with Crippen molar-refractivity contribution in [3.8, 4) is 0 Å². The van der Waals surface area contributed by atoms with Crippen LogP contribution >= 0.6 is 0 Å². The zero-order valence-corrected chi connectivity index (χ0v) is 16.2. The van der Waals surface area contributed by atoms with Crippen LogP contribution in [-0.2, 0) is 4.74 Å². The SMILES string of the molecule is CN/C(C)=C(\C=N)c1ccc(N)c(C(=N)c2ccnc(N3CCOCC3)c2)c1. The Kier molecular flexibility index (Phi) is 6.06. The first-order chi connectivity index (χ1) is 13.5. The number of allylic oxidation sites excluding steroid dienone is 2. The Morgan fingerprint density at radius 2 is 1.96 bits per heavy atom. The fourth-order valence-electron chi connectivity index (χ4n) is 3.18. The zero-order valence-electron chi connectivity index (χ0n) is 16.2. The number of morpholine rings is 1. The van der Waals surface area contributed by atoms with E-state index in [1.165, 1.54) is 6.21 Å². The van der Waals surface area contributed by atoms with Crippen molar-refractivity contribution in [1.82, 2.24) is 10.3 Å². The molecule has 7 heteroatoms. The van der Waals surface area contributed by atoms with Gasteiger partial charge in [0.1, 0.15) is 5.82 Å². The highest BCUT2D eigenvalue weighted by Gasteiger charge is 2.16. The number of aromatic nitrogens is 1. The third kappa shape index (κ3) is 4.04. The average molecular weight is 378 g/mol. The van der Waals surface area contributed by atoms with Gasteiger partial charge < -0.3 is 26.1 Å². The summed E-state index contributed by atoms with van der Waals surface area (Å²) in [5.41, 5.74) is 10.9. The minimum absolute atomic E-state index is 0.336. The lowest BCUT2D eigenvalue weighted by molar-refractivity contribution is 0.122. The third-order valence-electron chi connectivity index (χ3n) is 4.93. The molecule has 1 saturated heterocycles. The maximum absolute atomic E-state index is 8.73. The number of nitrogens with zero attached hydrogens (tertiary/aromatic N) is 2. The van der Waals surface area contributed by atoms with Crippen LogP contribution in [0.1, 0.15) is 23.6 Å². The molecule has 7 nitrogen and oxygen atoms in total. The van der Waals surface area contributed by atoms with Gasteiger partial charge in [-0.1, -0.05) is 6.07 Å². The molecule has 146 valence electrons. The summed E-state index contributed by atoms with van der Waals surface area (Å²) in [4.78, 5) is 6.61. The second kappa shape index (κ2) is 8.67. The summed E-state index contributed by atoms with van der Waals surface area (Å²) in [5, 5.41) is 19.5. The van der Waals surface area contributed by atoms with Crippen molar-refractivity contribution in [1.29, 1.82) is 10.8 Å². The second-order valence-electron chi connectivity index (χ2n) is 6.61. The lowest BCUT2D eigenvalue weighted by atomic mass is 9.96. The van der Waals surface area contributed by atoms with Crippen molar-refractivity contribution >= 4 is 29.0 Å². The second-order valence-corrected chi connectivity index (χ2v) is 6.61. The van der Waals surface area contributed by atoms with Crippen LogP contribution in [0.25, 0.3) is 5.57 Å². The van der Waals surface area contributed by atoms with E-state index < -0.39 is 0 Å². The predicted molar refractivity (Wildman–Crippen MR) is 114 cm³/mol. The molecule has 0 atom stereocenters. The van der Waals surface area contributed by atoms with Crippen molar-refractivity contribution < 1.29 is 4.74 Å². The fourth-order valence-corrected chi connectivity index (χ4v) is 3.18. The lowest BCUT2D eigenvalue weighted by Gasteiger charge is -2.28. The molecule has 0 bridgehead atoms. The van der Waals surface area contributed by atoms with Crippen LogP contribution in [0.15, 0.2) is 42.2 Å². The Bertz CT molecular complexity index is 915. The Hall–Kier alpha value is -3.19. The molecule has 3 rings (SSSR count). The number of nitrogens with two attached hydrogens (primary N) is 1. The molecule has 0 aliphatic carbocycles. The van der Waals surface area contributed by atoms with Crippen LogP contribution in [0.4, 0.5) is 11.5 Å². The van der Waals surface area contributed by atoms with Gasteiger partial charge in [-0.2, -0.15) is 0 Å². The molecule has 1 aromatic heterocycles. The Labute approximate surface area is 165 Å². The standard InChI is InChI=1S/C21H26N6O/c1-14(25-2)18(13-22)15-3-4-19(23)17(11-15)21(24)16-5-6-26-20(12-16)27-7-9-28-10-8-27/h3-6,11-13,22,24-25H,7-10,23H2,1-2H3/b18-14+,22-13?,24-21?. The predicted octanol–water partition coefficient (Wildman–Crippen LogP) is 2.52. The van der Waals surface area contributed by atoms with Gasteiger partial charge in [0.15, 0.2) is 0 Å². The van der Waals surface area contributed by atoms with Gasteiger partial charge in [0.2, 0.25) is 0 Å². The molecule has 0 radical (unpaired) electrons. The summed E-state index contributed by atoms with van der Waals surface area (Å²) in [6.45, 7) is 4.86. The van der Waals surface area contributed by atoms with Gasteiger partial charge in [-0.3, -0.25) is 5.41 Å². The van der Waals surface area contributed by atoms with E-state index in [2.05, 4.69) is 15.2 Å². The Balaban J connectivity index is 1.96. The first-order valence-electron chi connectivity index (χ1n) is 9.22. The maximum Gasteiger partial charge on any atom is 0.129 e. The molecular formula is C21H26N6O. The Morgan fingerprint density at radius 3 is 2.64 bits per heavy atom. The van der Waals surface area contributed by atoms with Gasteiger partial charge in [-0.25, -0.2) is 4.98 Å². The van der Waals surface area contributed by atoms with E-state index >= 15 is 0 Å². The summed E-state index contributed by atoms with van der Waals surface area (Å²) in [7, 11) is 1.82. The number of benzene rings is 1. The third-order valence-corrected chi connectivity index (χ3v) is 4.93. The summed E-state index contributed by atoms with van der Waals surface area (Å²) >= 11 is 0. The number of ether oxygens (including phenoxy) is 1. The number of hydrogen-bond acceptors (Lipinski definition) is 7. The number of pyridine rings is 1. The molecule has 0 unspecified atom stereocenters. The molecule has 2 aromatic rings. The van der Waals surface area contributed by atoms with Crippen LogP contribution in [0, 0.1) is 10.8 Å². The van der Waals surface area contributed by atoms with Crippen molar-refractivity contribution in [2.24, 2.45) is 0 Å². The maximum atomic E-state index is 8.73. The summed E-state index contributed by atoms with van der Waals surface area (Å²) in [6.07, 6.45) is 3.04. The van der Waals surface area contributed by atoms with Crippen molar-refractivity contribution in [2.45, 2.75) is 6.92 Å². The summed E-state index contributed by atoms with van der Waals surface area (Å²) < 4.78 is 5.40. The van der Waals surface area contributed by atoms with Crippen molar-refractivity contribution in [2.75, 3.05) is 44.0 Å². The van der Waals surface area contributed by atoms with Gasteiger partial charge in [0.25, 0.3) is 0 Å². The highest BCUT2D eigenvalue weighted by molar-refractivity contribution is 6.16. The molecule has 1 aliphatic heterocycles. The number of nitrogens with one attached hydrogen (secondary N) is 3. The molecule has 28 heavy (non-hydrogen) atoms. The normalized spacial score (nSPS) is 15.0. The lowest BCUT2D eigenvalue weighted by Crippen LogP contribution is -2.36. The van der Waals surface area contributed by atoms with Crippen molar-refractivity contribution in [3.63, 3.8) is 0 Å². The van der Waals surface area contributed by atoms with Gasteiger partial charge in [-0.05, 0) is 36.8 Å². The fraction of sp³-hybridized carbons (Fsp3) is 0.286. The minimum atomic E-state index is 0.336. The topological polar surface area (TPSA) is 111 Å². The monoisotopic (exact) mass is 378 g/mol. The van der Waals surface area contributed by atoms with E-state index in [9.17, 15) is 0 Å². The van der Waals surface area contributed by atoms with Crippen LogP contribution in [-0.4, -0.2) is 50.3 Å². The number of hydrogen-bond donors (Lipinski definition) is 4. The minimum Gasteiger partial charge on any atom is -0.398 e. The van der Waals surface area contributed by atoms with Crippen LogP contribution in [0.5, 0.6) is 0 Å². The molecule has 2 heterocycles. The largest absolute Gasteiger partial charge is 0.398 e. The number of nitrogen functional groups attached to an aromatic ring is 1. The van der Waals surface area contributed by atoms with E-state index in [0.29, 0.717) is 30.2 Å². The summed E-state index contributed by atoms with van der Waals surface area (Å²) in [6, 6.07) is 9.28. The zero-order chi connectivity index (χ0) is 20.1. The summed E-state index contributed by atoms with van der Waals surface area (Å²) in [5.74, 6) is 0.839. The molecular weight excluding hydrogens is 352 g/mol. The van der Waals surface area contributed by atoms with Crippen LogP contribution in [0.2, 0.25) is 0 Å². The van der Waals surface area contributed by atoms with E-state index in [1.54, 1.807) is 12.3 Å². The van der Waals surface area contributed by atoms with Gasteiger partial charge >= 0.3 is 0 Å². The molecule has 1 aromatic carbocycles. The molecule has 0 amide bonds. The quantitative estimate of drug-likeness (QED) is 0.456. The first-order valence-corrected chi connectivity index (χ1v) is 9.22. The molecule has 0 saturated carbocycles. The van der Waals surface area contributed by atoms with Crippen LogP contribution in [0.3, 0.4) is 0 Å². The molecule has 0 spiro atoms. The van der Waals surface area contributed by atoms with E-state index in [4.69, 9.17) is 21.3 Å². The van der Waals surface area contributed by atoms with Crippen LogP contribution < -0.4 is 16.0 Å². The molecule has 1 fully saturated rings. The van der Waals surface area contributed by atoms with E-state index in [-0.39, 0.29) is 0 Å². The molecule has 5 N–H and O–H groups in total. The smallest absolute Gasteiger partial charge is 0.129 e. The highest BCUT2D eigenvalue weighted by Crippen LogP contribution is 2.24. The Morgan fingerprint density at radius 1 is 1.21 bits per heavy atom. The average Bonchev–Trinajstić information content (AvgIpc) is 2.75. The number of anilines is 2. The van der Waals surface area contributed by atoms with Gasteiger partial charge in [-0.15, -0.1) is 0 Å².